The van der Waals surface area contributed by atoms with Crippen molar-refractivity contribution in [3.8, 4) is 33.6 Å². The van der Waals surface area contributed by atoms with Gasteiger partial charge in [-0.2, -0.15) is 0 Å². The molecular formula is C49H46IrN2O-2. The average Bonchev–Trinajstić information content (AvgIpc) is 3.57. The van der Waals surface area contributed by atoms with Crippen LogP contribution < -0.4 is 0 Å². The van der Waals surface area contributed by atoms with E-state index in [2.05, 4.69) is 52.4 Å². The number of nitrogens with zero attached hydrogens (tertiary/aromatic N) is 2. The van der Waals surface area contributed by atoms with Gasteiger partial charge in [-0.05, 0) is 86.2 Å². The second-order valence-corrected chi connectivity index (χ2v) is 15.1. The van der Waals surface area contributed by atoms with Gasteiger partial charge in [0.25, 0.3) is 0 Å². The third kappa shape index (κ3) is 9.19. The van der Waals surface area contributed by atoms with Crippen LogP contribution in [0.1, 0.15) is 67.8 Å². The fourth-order valence-electron chi connectivity index (χ4n) is 6.19. The van der Waals surface area contributed by atoms with Crippen LogP contribution in [-0.4, -0.2) is 9.97 Å². The van der Waals surface area contributed by atoms with Gasteiger partial charge in [0.05, 0.1) is 5.58 Å². The number of pyridine rings is 2. The molecule has 4 heteroatoms. The predicted molar refractivity (Wildman–Crippen MR) is 218 cm³/mol. The summed E-state index contributed by atoms with van der Waals surface area (Å²) in [5.41, 5.74) is 6.99. The van der Waals surface area contributed by atoms with Crippen molar-refractivity contribution < 1.29 is 34.1 Å². The van der Waals surface area contributed by atoms with Gasteiger partial charge in [-0.15, -0.1) is 53.6 Å². The van der Waals surface area contributed by atoms with E-state index in [4.69, 9.17) is 14.0 Å². The Kier molecular flexibility index (Phi) is 8.70. The second-order valence-electron chi connectivity index (χ2n) is 15.1. The van der Waals surface area contributed by atoms with E-state index in [1.165, 1.54) is 17.6 Å². The molecule has 269 valence electrons. The Morgan fingerprint density at radius 1 is 0.679 bits per heavy atom. The SMILES string of the molecule is [2H]C([2H])([2H])c1c[c-]c(-c2ccc(C([2H])([2H])C(C)(C)C)cn2)cc1.[2H]C([2H])(c1ccc(-c2ccnc(-c3[c-]ccc4c3oc3cc5ccccc5cc34)c2)cc1)C(C)(C)C.[Ir]. The van der Waals surface area contributed by atoms with Crippen LogP contribution >= 0.6 is 0 Å². The number of hydrogen-bond acceptors (Lipinski definition) is 3. The fraction of sp³-hybridized carbons (Fsp3) is 0.224. The maximum absolute atomic E-state index is 8.55. The summed E-state index contributed by atoms with van der Waals surface area (Å²) in [6, 6.07) is 42.7. The van der Waals surface area contributed by atoms with Gasteiger partial charge < -0.3 is 14.4 Å². The Morgan fingerprint density at radius 3 is 2.06 bits per heavy atom. The molecule has 0 unspecified atom stereocenters. The molecule has 3 heterocycles. The van der Waals surface area contributed by atoms with Crippen molar-refractivity contribution in [2.24, 2.45) is 10.8 Å². The van der Waals surface area contributed by atoms with Crippen LogP contribution in [0, 0.1) is 29.8 Å². The molecule has 0 spiro atoms. The minimum absolute atomic E-state index is 0. The Balaban J connectivity index is 0.000000219. The molecule has 0 amide bonds. The van der Waals surface area contributed by atoms with Gasteiger partial charge >= 0.3 is 0 Å². The van der Waals surface area contributed by atoms with E-state index < -0.39 is 30.4 Å². The van der Waals surface area contributed by atoms with Gasteiger partial charge in [0.1, 0.15) is 5.58 Å². The molecule has 1 radical (unpaired) electrons. The van der Waals surface area contributed by atoms with Crippen LogP contribution in [0.25, 0.3) is 66.4 Å². The van der Waals surface area contributed by atoms with Crippen molar-refractivity contribution in [3.63, 3.8) is 0 Å². The van der Waals surface area contributed by atoms with E-state index in [0.717, 1.165) is 49.7 Å². The maximum atomic E-state index is 8.55. The second kappa shape index (κ2) is 15.6. The Hall–Kier alpha value is -4.89. The Morgan fingerprint density at radius 2 is 1.40 bits per heavy atom. The molecule has 53 heavy (non-hydrogen) atoms. The smallest absolute Gasteiger partial charge is 0.121 e. The Labute approximate surface area is 337 Å². The predicted octanol–water partition coefficient (Wildman–Crippen LogP) is 13.3. The summed E-state index contributed by atoms with van der Waals surface area (Å²) in [4.78, 5) is 8.96. The minimum atomic E-state index is -2.14. The van der Waals surface area contributed by atoms with Crippen molar-refractivity contribution >= 4 is 32.7 Å². The maximum Gasteiger partial charge on any atom is 0.121 e. The zero-order valence-electron chi connectivity index (χ0n) is 37.8. The third-order valence-electron chi connectivity index (χ3n) is 8.42. The van der Waals surface area contributed by atoms with Gasteiger partial charge in [-0.1, -0.05) is 126 Å². The van der Waals surface area contributed by atoms with Crippen LogP contribution in [0.4, 0.5) is 0 Å². The minimum Gasteiger partial charge on any atom is -0.501 e. The van der Waals surface area contributed by atoms with E-state index in [1.54, 1.807) is 30.5 Å². The first-order valence-corrected chi connectivity index (χ1v) is 17.5. The van der Waals surface area contributed by atoms with Crippen LogP contribution in [0.15, 0.2) is 132 Å². The van der Waals surface area contributed by atoms with Crippen molar-refractivity contribution in [3.05, 3.63) is 156 Å². The summed E-state index contributed by atoms with van der Waals surface area (Å²) < 4.78 is 62.0. The Bertz CT molecular complexity index is 2760. The van der Waals surface area contributed by atoms with Gasteiger partial charge in [0.2, 0.25) is 0 Å². The molecule has 0 atom stereocenters. The summed E-state index contributed by atoms with van der Waals surface area (Å²) in [7, 11) is 0. The van der Waals surface area contributed by atoms with E-state index >= 15 is 0 Å². The molecular weight excluding hydrogens is 825 g/mol. The molecule has 0 aliphatic rings. The van der Waals surface area contributed by atoms with Crippen molar-refractivity contribution in [2.45, 2.75) is 61.1 Å². The molecule has 0 N–H and O–H groups in total. The number of aryl methyl sites for hydroxylation is 1. The summed E-state index contributed by atoms with van der Waals surface area (Å²) >= 11 is 0. The molecule has 5 aromatic carbocycles. The van der Waals surface area contributed by atoms with E-state index in [1.807, 2.05) is 96.1 Å². The molecule has 8 rings (SSSR count). The van der Waals surface area contributed by atoms with E-state index in [9.17, 15) is 0 Å². The first kappa shape index (κ1) is 29.6. The fourth-order valence-corrected chi connectivity index (χ4v) is 6.19. The normalized spacial score (nSPS) is 14.4. The zero-order valence-corrected chi connectivity index (χ0v) is 33.2. The summed E-state index contributed by atoms with van der Waals surface area (Å²) in [5.74, 6) is 0. The molecule has 8 aromatic rings. The summed E-state index contributed by atoms with van der Waals surface area (Å²) in [5, 5.41) is 4.46. The number of aromatic nitrogens is 2. The van der Waals surface area contributed by atoms with Crippen molar-refractivity contribution in [1.29, 1.82) is 0 Å². The number of rotatable bonds is 5. The van der Waals surface area contributed by atoms with Gasteiger partial charge in [-0.3, -0.25) is 0 Å². The van der Waals surface area contributed by atoms with Crippen LogP contribution in [0.5, 0.6) is 0 Å². The standard InChI is InChI=1S/C32H26NO.C17H20N.Ir/c1-32(2,3)20-21-11-13-22(14-12-21)25-15-16-33-29(18-25)27-10-6-9-26-28-17-23-7-4-5-8-24(23)19-30(28)34-31(26)27;1-13-5-8-15(9-6-13)16-10-7-14(12-18-16)11-17(2,3)4;/h4-9,11-19H,20H2,1-3H3;5-8,10,12H,11H2,1-4H3;/q2*-1;/i20D2;1D3,11D2;. The van der Waals surface area contributed by atoms with Gasteiger partial charge in [0, 0.05) is 47.5 Å². The first-order chi connectivity index (χ1) is 27.6. The zero-order chi connectivity index (χ0) is 42.5. The van der Waals surface area contributed by atoms with Gasteiger partial charge in [0.15, 0.2) is 0 Å². The average molecular weight is 878 g/mol. The van der Waals surface area contributed by atoms with Gasteiger partial charge in [-0.25, -0.2) is 0 Å². The van der Waals surface area contributed by atoms with E-state index in [0.29, 0.717) is 22.4 Å². The van der Waals surface area contributed by atoms with Crippen molar-refractivity contribution in [2.75, 3.05) is 0 Å². The number of fused-ring (bicyclic) bond motifs is 4. The monoisotopic (exact) mass is 878 g/mol. The molecule has 0 aliphatic carbocycles. The molecule has 0 bridgehead atoms. The number of benzene rings is 5. The molecule has 3 nitrogen and oxygen atoms in total. The molecule has 3 aromatic heterocycles. The quantitative estimate of drug-likeness (QED) is 0.162. The summed E-state index contributed by atoms with van der Waals surface area (Å²) in [6.07, 6.45) is 0.418. The van der Waals surface area contributed by atoms with Crippen LogP contribution in [0.2, 0.25) is 0 Å². The van der Waals surface area contributed by atoms with E-state index in [-0.39, 0.29) is 25.7 Å². The topological polar surface area (TPSA) is 38.9 Å². The largest absolute Gasteiger partial charge is 0.501 e. The van der Waals surface area contributed by atoms with Crippen LogP contribution in [0.3, 0.4) is 0 Å². The number of hydrogen-bond donors (Lipinski definition) is 0. The molecule has 0 saturated carbocycles. The van der Waals surface area contributed by atoms with Crippen LogP contribution in [-0.2, 0) is 32.9 Å². The number of furan rings is 1. The molecule has 0 aliphatic heterocycles. The summed E-state index contributed by atoms with van der Waals surface area (Å²) in [6.45, 7) is 9.18. The third-order valence-corrected chi connectivity index (χ3v) is 8.42. The molecule has 0 saturated heterocycles. The first-order valence-electron chi connectivity index (χ1n) is 21.0. The van der Waals surface area contributed by atoms with Crippen molar-refractivity contribution in [1.82, 2.24) is 9.97 Å². The molecule has 0 fully saturated rings.